The lowest BCUT2D eigenvalue weighted by Gasteiger charge is -2.17. The molecule has 0 spiro atoms. The van der Waals surface area contributed by atoms with Crippen molar-refractivity contribution in [2.75, 3.05) is 7.11 Å². The Bertz CT molecular complexity index is 649. The summed E-state index contributed by atoms with van der Waals surface area (Å²) in [5, 5.41) is 0. The standard InChI is InChI=1S/C14H11BrF3NO/c1-20-11-5-2-7(15)6-9(11)14(19)8-3-4-10(16)13(18)12(8)17/h2-6,14H,19H2,1H3. The fourth-order valence-electron chi connectivity index (χ4n) is 1.90. The van der Waals surface area contributed by atoms with Crippen LogP contribution in [0.3, 0.4) is 0 Å². The second-order valence-electron chi connectivity index (χ2n) is 4.13. The molecule has 0 saturated carbocycles. The lowest BCUT2D eigenvalue weighted by Crippen LogP contribution is -2.16. The molecule has 106 valence electrons. The van der Waals surface area contributed by atoms with Crippen LogP contribution in [0, 0.1) is 17.5 Å². The SMILES string of the molecule is COc1ccc(Br)cc1C(N)c1ccc(F)c(F)c1F. The van der Waals surface area contributed by atoms with Gasteiger partial charge in [0, 0.05) is 15.6 Å². The normalized spacial score (nSPS) is 12.3. The van der Waals surface area contributed by atoms with Crippen LogP contribution in [0.25, 0.3) is 0 Å². The first-order chi connectivity index (χ1) is 9.45. The van der Waals surface area contributed by atoms with Gasteiger partial charge in [0.25, 0.3) is 0 Å². The molecular weight excluding hydrogens is 335 g/mol. The first kappa shape index (κ1) is 14.9. The van der Waals surface area contributed by atoms with Crippen LogP contribution in [0.1, 0.15) is 17.2 Å². The van der Waals surface area contributed by atoms with E-state index in [4.69, 9.17) is 10.5 Å². The molecule has 0 aliphatic heterocycles. The number of methoxy groups -OCH3 is 1. The Morgan fingerprint density at radius 1 is 1.05 bits per heavy atom. The monoisotopic (exact) mass is 345 g/mol. The number of ether oxygens (including phenoxy) is 1. The van der Waals surface area contributed by atoms with Crippen molar-refractivity contribution in [1.29, 1.82) is 0 Å². The quantitative estimate of drug-likeness (QED) is 0.855. The molecule has 0 fully saturated rings. The van der Waals surface area contributed by atoms with Crippen LogP contribution in [0.15, 0.2) is 34.8 Å². The summed E-state index contributed by atoms with van der Waals surface area (Å²) in [4.78, 5) is 0. The maximum absolute atomic E-state index is 13.8. The molecule has 0 amide bonds. The van der Waals surface area contributed by atoms with Gasteiger partial charge in [-0.1, -0.05) is 22.0 Å². The third-order valence-electron chi connectivity index (χ3n) is 2.93. The van der Waals surface area contributed by atoms with Crippen LogP contribution in [0.2, 0.25) is 0 Å². The second-order valence-corrected chi connectivity index (χ2v) is 5.04. The zero-order valence-corrected chi connectivity index (χ0v) is 12.0. The highest BCUT2D eigenvalue weighted by Gasteiger charge is 2.22. The summed E-state index contributed by atoms with van der Waals surface area (Å²) >= 11 is 3.27. The van der Waals surface area contributed by atoms with E-state index in [2.05, 4.69) is 15.9 Å². The minimum atomic E-state index is -1.54. The fourth-order valence-corrected chi connectivity index (χ4v) is 2.28. The molecule has 0 bridgehead atoms. The largest absolute Gasteiger partial charge is 0.496 e. The summed E-state index contributed by atoms with van der Waals surface area (Å²) in [6.45, 7) is 0. The van der Waals surface area contributed by atoms with Crippen LogP contribution in [-0.2, 0) is 0 Å². The molecule has 2 N–H and O–H groups in total. The summed E-state index contributed by atoms with van der Waals surface area (Å²) in [7, 11) is 1.45. The number of rotatable bonds is 3. The minimum absolute atomic E-state index is 0.139. The van der Waals surface area contributed by atoms with Gasteiger partial charge in [-0.3, -0.25) is 0 Å². The van der Waals surface area contributed by atoms with Gasteiger partial charge in [0.05, 0.1) is 13.2 Å². The van der Waals surface area contributed by atoms with Gasteiger partial charge in [0.15, 0.2) is 17.5 Å². The van der Waals surface area contributed by atoms with E-state index in [1.165, 1.54) is 7.11 Å². The van der Waals surface area contributed by atoms with Gasteiger partial charge < -0.3 is 10.5 Å². The Morgan fingerprint density at radius 3 is 2.40 bits per heavy atom. The number of hydrogen-bond acceptors (Lipinski definition) is 2. The van der Waals surface area contributed by atoms with Crippen molar-refractivity contribution in [2.45, 2.75) is 6.04 Å². The molecule has 1 unspecified atom stereocenters. The maximum atomic E-state index is 13.8. The lowest BCUT2D eigenvalue weighted by atomic mass is 9.98. The third-order valence-corrected chi connectivity index (χ3v) is 3.42. The van der Waals surface area contributed by atoms with Gasteiger partial charge in [0.1, 0.15) is 5.75 Å². The van der Waals surface area contributed by atoms with E-state index in [1.54, 1.807) is 18.2 Å². The highest BCUT2D eigenvalue weighted by atomic mass is 79.9. The van der Waals surface area contributed by atoms with Crippen molar-refractivity contribution in [3.05, 3.63) is 63.4 Å². The van der Waals surface area contributed by atoms with Gasteiger partial charge in [0.2, 0.25) is 0 Å². The average molecular weight is 346 g/mol. The summed E-state index contributed by atoms with van der Waals surface area (Å²) in [5.41, 5.74) is 6.28. The minimum Gasteiger partial charge on any atom is -0.496 e. The summed E-state index contributed by atoms with van der Waals surface area (Å²) in [6, 6.07) is 6.02. The number of hydrogen-bond donors (Lipinski definition) is 1. The number of nitrogens with two attached hydrogens (primary N) is 1. The third kappa shape index (κ3) is 2.66. The van der Waals surface area contributed by atoms with Gasteiger partial charge in [-0.05, 0) is 24.3 Å². The summed E-state index contributed by atoms with van der Waals surface area (Å²) in [6.07, 6.45) is 0. The van der Waals surface area contributed by atoms with E-state index >= 15 is 0 Å². The Kier molecular flexibility index (Phi) is 4.35. The predicted molar refractivity (Wildman–Crippen MR) is 73.0 cm³/mol. The fraction of sp³-hybridized carbons (Fsp3) is 0.143. The molecule has 2 rings (SSSR count). The topological polar surface area (TPSA) is 35.2 Å². The Hall–Kier alpha value is -1.53. The summed E-state index contributed by atoms with van der Waals surface area (Å²) in [5.74, 6) is -3.64. The molecule has 2 aromatic carbocycles. The zero-order chi connectivity index (χ0) is 14.9. The van der Waals surface area contributed by atoms with E-state index in [9.17, 15) is 13.2 Å². The van der Waals surface area contributed by atoms with Crippen LogP contribution in [-0.4, -0.2) is 7.11 Å². The molecule has 0 aliphatic rings. The van der Waals surface area contributed by atoms with Gasteiger partial charge in [-0.2, -0.15) is 0 Å². The van der Waals surface area contributed by atoms with Gasteiger partial charge in [-0.25, -0.2) is 13.2 Å². The highest BCUT2D eigenvalue weighted by molar-refractivity contribution is 9.10. The van der Waals surface area contributed by atoms with E-state index in [1.807, 2.05) is 0 Å². The molecule has 20 heavy (non-hydrogen) atoms. The van der Waals surface area contributed by atoms with Gasteiger partial charge >= 0.3 is 0 Å². The van der Waals surface area contributed by atoms with Crippen molar-refractivity contribution < 1.29 is 17.9 Å². The molecule has 0 aromatic heterocycles. The van der Waals surface area contributed by atoms with Crippen molar-refractivity contribution in [2.24, 2.45) is 5.73 Å². The van der Waals surface area contributed by atoms with E-state index < -0.39 is 23.5 Å². The lowest BCUT2D eigenvalue weighted by molar-refractivity contribution is 0.405. The molecule has 0 aliphatic carbocycles. The van der Waals surface area contributed by atoms with Crippen LogP contribution >= 0.6 is 15.9 Å². The molecule has 0 saturated heterocycles. The van der Waals surface area contributed by atoms with E-state index in [0.717, 1.165) is 12.1 Å². The zero-order valence-electron chi connectivity index (χ0n) is 10.5. The smallest absolute Gasteiger partial charge is 0.194 e. The van der Waals surface area contributed by atoms with E-state index in [0.29, 0.717) is 15.8 Å². The Labute approximate surface area is 122 Å². The predicted octanol–water partition coefficient (Wildman–Crippen LogP) is 3.92. The van der Waals surface area contributed by atoms with Crippen molar-refractivity contribution in [3.8, 4) is 5.75 Å². The highest BCUT2D eigenvalue weighted by Crippen LogP contribution is 2.32. The number of benzene rings is 2. The molecular formula is C14H11BrF3NO. The molecule has 2 nitrogen and oxygen atoms in total. The van der Waals surface area contributed by atoms with Crippen LogP contribution in [0.4, 0.5) is 13.2 Å². The van der Waals surface area contributed by atoms with E-state index in [-0.39, 0.29) is 5.56 Å². The first-order valence-corrected chi connectivity index (χ1v) is 6.47. The van der Waals surface area contributed by atoms with Gasteiger partial charge in [-0.15, -0.1) is 0 Å². The molecule has 0 heterocycles. The Morgan fingerprint density at radius 2 is 1.75 bits per heavy atom. The molecule has 1 atom stereocenters. The van der Waals surface area contributed by atoms with Crippen LogP contribution < -0.4 is 10.5 Å². The average Bonchev–Trinajstić information content (AvgIpc) is 2.44. The first-order valence-electron chi connectivity index (χ1n) is 5.68. The van der Waals surface area contributed by atoms with Crippen molar-refractivity contribution >= 4 is 15.9 Å². The molecule has 2 aromatic rings. The van der Waals surface area contributed by atoms with Crippen molar-refractivity contribution in [3.63, 3.8) is 0 Å². The number of halogens is 4. The molecule has 0 radical (unpaired) electrons. The maximum Gasteiger partial charge on any atom is 0.194 e. The Balaban J connectivity index is 2.54. The second kappa shape index (κ2) is 5.85. The molecule has 6 heteroatoms. The van der Waals surface area contributed by atoms with Crippen LogP contribution in [0.5, 0.6) is 5.75 Å². The van der Waals surface area contributed by atoms with Crippen molar-refractivity contribution in [1.82, 2.24) is 0 Å². The summed E-state index contributed by atoms with van der Waals surface area (Å²) < 4.78 is 45.9.